The summed E-state index contributed by atoms with van der Waals surface area (Å²) in [5.74, 6) is -0.00814. The minimum atomic E-state index is -3.29. The van der Waals surface area contributed by atoms with Crippen LogP contribution in [0.3, 0.4) is 0 Å². The van der Waals surface area contributed by atoms with E-state index < -0.39 is 16.1 Å². The Kier molecular flexibility index (Phi) is 10.2. The highest BCUT2D eigenvalue weighted by molar-refractivity contribution is 7.89. The fraction of sp³-hybridized carbons (Fsp3) is 0.923. The van der Waals surface area contributed by atoms with E-state index in [1.165, 1.54) is 4.31 Å². The molecule has 1 amide bonds. The van der Waals surface area contributed by atoms with Crippen LogP contribution >= 0.6 is 12.4 Å². The Morgan fingerprint density at radius 2 is 2.00 bits per heavy atom. The molecule has 1 aliphatic heterocycles. The molecule has 1 saturated heterocycles. The van der Waals surface area contributed by atoms with Crippen LogP contribution in [0.2, 0.25) is 0 Å². The van der Waals surface area contributed by atoms with Crippen molar-refractivity contribution in [3.8, 4) is 0 Å². The van der Waals surface area contributed by atoms with Crippen LogP contribution in [0.1, 0.15) is 39.0 Å². The van der Waals surface area contributed by atoms with Gasteiger partial charge in [-0.25, -0.2) is 8.42 Å². The number of rotatable bonds is 9. The van der Waals surface area contributed by atoms with Gasteiger partial charge in [0.05, 0.1) is 5.75 Å². The molecule has 21 heavy (non-hydrogen) atoms. The molecule has 0 aromatic carbocycles. The molecule has 126 valence electrons. The van der Waals surface area contributed by atoms with Crippen LogP contribution in [0.5, 0.6) is 0 Å². The predicted molar refractivity (Wildman–Crippen MR) is 87.2 cm³/mol. The van der Waals surface area contributed by atoms with Crippen molar-refractivity contribution >= 4 is 28.3 Å². The lowest BCUT2D eigenvalue weighted by Gasteiger charge is -2.23. The maximum Gasteiger partial charge on any atom is 0.238 e. The fourth-order valence-electron chi connectivity index (χ4n) is 2.37. The first-order chi connectivity index (χ1) is 9.53. The highest BCUT2D eigenvalue weighted by atomic mass is 35.5. The number of halogens is 1. The number of carbonyl (C=O) groups excluding carboxylic acids is 1. The van der Waals surface area contributed by atoms with Crippen LogP contribution in [-0.2, 0) is 14.8 Å². The van der Waals surface area contributed by atoms with E-state index in [0.29, 0.717) is 25.9 Å². The van der Waals surface area contributed by atoms with Gasteiger partial charge in [0.25, 0.3) is 0 Å². The topological polar surface area (TPSA) is 78.5 Å². The standard InChI is InChI=1S/C13H27N3O3S.ClH/c1-3-4-11-20(18,19)16-10-5-7-12(16)13(17)15-9-6-8-14-2;/h12,14H,3-11H2,1-2H3,(H,15,17);1H. The number of nitrogens with zero attached hydrogens (tertiary/aromatic N) is 1. The first kappa shape index (κ1) is 20.6. The van der Waals surface area contributed by atoms with E-state index in [4.69, 9.17) is 0 Å². The summed E-state index contributed by atoms with van der Waals surface area (Å²) < 4.78 is 25.8. The zero-order valence-electron chi connectivity index (χ0n) is 12.9. The molecule has 1 fully saturated rings. The first-order valence-electron chi connectivity index (χ1n) is 7.44. The molecule has 0 aliphatic carbocycles. The summed E-state index contributed by atoms with van der Waals surface area (Å²) >= 11 is 0. The van der Waals surface area contributed by atoms with Gasteiger partial charge in [-0.2, -0.15) is 4.31 Å². The van der Waals surface area contributed by atoms with Gasteiger partial charge >= 0.3 is 0 Å². The highest BCUT2D eigenvalue weighted by Gasteiger charge is 2.37. The van der Waals surface area contributed by atoms with Gasteiger partial charge in [-0.05, 0) is 39.3 Å². The van der Waals surface area contributed by atoms with Crippen molar-refractivity contribution in [1.82, 2.24) is 14.9 Å². The molecule has 2 N–H and O–H groups in total. The number of hydrogen-bond acceptors (Lipinski definition) is 4. The third-order valence-electron chi connectivity index (χ3n) is 3.52. The van der Waals surface area contributed by atoms with Crippen LogP contribution in [0, 0.1) is 0 Å². The van der Waals surface area contributed by atoms with Crippen LogP contribution in [0.4, 0.5) is 0 Å². The van der Waals surface area contributed by atoms with E-state index in [1.807, 2.05) is 14.0 Å². The van der Waals surface area contributed by atoms with Crippen LogP contribution in [0.15, 0.2) is 0 Å². The third kappa shape index (κ3) is 6.50. The van der Waals surface area contributed by atoms with Gasteiger partial charge in [-0.15, -0.1) is 12.4 Å². The second-order valence-corrected chi connectivity index (χ2v) is 7.23. The number of sulfonamides is 1. The SMILES string of the molecule is CCCCS(=O)(=O)N1CCCC1C(=O)NCCCNC.Cl. The largest absolute Gasteiger partial charge is 0.355 e. The number of amides is 1. The molecule has 1 unspecified atom stereocenters. The molecule has 1 aliphatic rings. The lowest BCUT2D eigenvalue weighted by atomic mass is 10.2. The number of hydrogen-bond donors (Lipinski definition) is 2. The Labute approximate surface area is 134 Å². The molecule has 1 rings (SSSR count). The molecule has 0 spiro atoms. The van der Waals surface area contributed by atoms with Crippen molar-refractivity contribution in [2.24, 2.45) is 0 Å². The predicted octanol–water partition coefficient (Wildman–Crippen LogP) is 0.728. The maximum absolute atomic E-state index is 12.2. The van der Waals surface area contributed by atoms with Crippen molar-refractivity contribution < 1.29 is 13.2 Å². The van der Waals surface area contributed by atoms with E-state index in [-0.39, 0.29) is 24.1 Å². The van der Waals surface area contributed by atoms with E-state index in [0.717, 1.165) is 25.8 Å². The average molecular weight is 342 g/mol. The monoisotopic (exact) mass is 341 g/mol. The summed E-state index contributed by atoms with van der Waals surface area (Å²) in [4.78, 5) is 12.1. The molecular weight excluding hydrogens is 314 g/mol. The summed E-state index contributed by atoms with van der Waals surface area (Å²) in [7, 11) is -1.43. The van der Waals surface area contributed by atoms with Gasteiger partial charge in [0.1, 0.15) is 6.04 Å². The third-order valence-corrected chi connectivity index (χ3v) is 5.48. The Balaban J connectivity index is 0.00000400. The summed E-state index contributed by atoms with van der Waals surface area (Å²) in [5.41, 5.74) is 0. The fourth-order valence-corrected chi connectivity index (χ4v) is 4.26. The lowest BCUT2D eigenvalue weighted by Crippen LogP contribution is -2.46. The molecule has 0 aromatic rings. The van der Waals surface area contributed by atoms with Crippen LogP contribution in [-0.4, -0.2) is 57.1 Å². The van der Waals surface area contributed by atoms with Gasteiger partial charge in [-0.3, -0.25) is 4.79 Å². The van der Waals surface area contributed by atoms with E-state index in [9.17, 15) is 13.2 Å². The summed E-state index contributed by atoms with van der Waals surface area (Å²) in [6.45, 7) is 3.86. The molecule has 0 aromatic heterocycles. The second kappa shape index (κ2) is 10.4. The molecule has 0 saturated carbocycles. The normalized spacial score (nSPS) is 19.2. The quantitative estimate of drug-likeness (QED) is 0.606. The zero-order chi connectivity index (χ0) is 15.0. The van der Waals surface area contributed by atoms with Gasteiger partial charge in [0.15, 0.2) is 0 Å². The van der Waals surface area contributed by atoms with Gasteiger partial charge in [0, 0.05) is 13.1 Å². The zero-order valence-corrected chi connectivity index (χ0v) is 14.6. The van der Waals surface area contributed by atoms with Crippen LogP contribution in [0.25, 0.3) is 0 Å². The molecule has 0 radical (unpaired) electrons. The van der Waals surface area contributed by atoms with Gasteiger partial charge < -0.3 is 10.6 Å². The molecule has 0 bridgehead atoms. The van der Waals surface area contributed by atoms with E-state index in [2.05, 4.69) is 10.6 Å². The van der Waals surface area contributed by atoms with Crippen molar-refractivity contribution in [3.05, 3.63) is 0 Å². The molecule has 1 heterocycles. The Bertz CT molecular complexity index is 403. The van der Waals surface area contributed by atoms with Gasteiger partial charge in [-0.1, -0.05) is 13.3 Å². The molecule has 8 heteroatoms. The summed E-state index contributed by atoms with van der Waals surface area (Å²) in [5, 5.41) is 5.84. The minimum absolute atomic E-state index is 0. The Hall–Kier alpha value is -0.370. The molecule has 1 atom stereocenters. The second-order valence-electron chi connectivity index (χ2n) is 5.19. The van der Waals surface area contributed by atoms with E-state index >= 15 is 0 Å². The van der Waals surface area contributed by atoms with E-state index in [1.54, 1.807) is 0 Å². The van der Waals surface area contributed by atoms with Crippen molar-refractivity contribution in [1.29, 1.82) is 0 Å². The smallest absolute Gasteiger partial charge is 0.238 e. The van der Waals surface area contributed by atoms with Crippen LogP contribution < -0.4 is 10.6 Å². The Morgan fingerprint density at radius 1 is 1.29 bits per heavy atom. The molecular formula is C13H28ClN3O3S. The Morgan fingerprint density at radius 3 is 2.62 bits per heavy atom. The minimum Gasteiger partial charge on any atom is -0.355 e. The summed E-state index contributed by atoms with van der Waals surface area (Å²) in [6.07, 6.45) is 3.73. The number of carbonyl (C=O) groups is 1. The highest BCUT2D eigenvalue weighted by Crippen LogP contribution is 2.22. The number of nitrogens with one attached hydrogen (secondary N) is 2. The van der Waals surface area contributed by atoms with Crippen molar-refractivity contribution in [2.75, 3.05) is 32.4 Å². The lowest BCUT2D eigenvalue weighted by molar-refractivity contribution is -0.124. The first-order valence-corrected chi connectivity index (χ1v) is 9.05. The number of unbranched alkanes of at least 4 members (excludes halogenated alkanes) is 1. The summed E-state index contributed by atoms with van der Waals surface area (Å²) in [6, 6.07) is -0.508. The molecule has 6 nitrogen and oxygen atoms in total. The van der Waals surface area contributed by atoms with Gasteiger partial charge in [0.2, 0.25) is 15.9 Å². The maximum atomic E-state index is 12.2. The average Bonchev–Trinajstić information content (AvgIpc) is 2.91. The van der Waals surface area contributed by atoms with Crippen molar-refractivity contribution in [2.45, 2.75) is 45.1 Å². The van der Waals surface area contributed by atoms with Crippen molar-refractivity contribution in [3.63, 3.8) is 0 Å².